The third-order valence-corrected chi connectivity index (χ3v) is 1.97. The largest absolute Gasteiger partial charge is 0.199 e. The molecule has 0 aliphatic heterocycles. The number of hydrogen-bond acceptors (Lipinski definition) is 5. The highest BCUT2D eigenvalue weighted by atomic mass is 14.5. The van der Waals surface area contributed by atoms with Gasteiger partial charge < -0.3 is 0 Å². The summed E-state index contributed by atoms with van der Waals surface area (Å²) in [5.74, 6) is 0. The molecular weight excluding hydrogens is 190 g/mol. The fraction of sp³-hybridized carbons (Fsp3) is 0.100. The van der Waals surface area contributed by atoms with Gasteiger partial charge in [0.2, 0.25) is 0 Å². The predicted octanol–water partition coefficient (Wildman–Crippen LogP) is 0.827. The van der Waals surface area contributed by atoms with Crippen LogP contribution in [0.25, 0.3) is 0 Å². The van der Waals surface area contributed by atoms with Crippen molar-refractivity contribution in [1.29, 1.82) is 26.3 Å². The molecule has 0 fully saturated rings. The first-order valence-electron chi connectivity index (χ1n) is 3.70. The Kier molecular flexibility index (Phi) is 2.24. The van der Waals surface area contributed by atoms with Gasteiger partial charge in [-0.2, -0.15) is 26.3 Å². The van der Waals surface area contributed by atoms with Gasteiger partial charge in [-0.15, -0.1) is 0 Å². The van der Waals surface area contributed by atoms with Gasteiger partial charge in [0.25, 0.3) is 0 Å². The summed E-state index contributed by atoms with van der Waals surface area (Å²) in [6.07, 6.45) is 1.05. The average Bonchev–Trinajstić information content (AvgIpc) is 2.62. The first kappa shape index (κ1) is 10.0. The summed E-state index contributed by atoms with van der Waals surface area (Å²) in [7, 11) is 0. The molecule has 0 heterocycles. The molecule has 66 valence electrons. The van der Waals surface area contributed by atoms with E-state index in [2.05, 4.69) is 0 Å². The highest BCUT2D eigenvalue weighted by molar-refractivity contribution is 5.69. The van der Waals surface area contributed by atoms with E-state index in [0.29, 0.717) is 0 Å². The van der Waals surface area contributed by atoms with Gasteiger partial charge in [0.1, 0.15) is 12.1 Å². The van der Waals surface area contributed by atoms with E-state index in [1.807, 2.05) is 0 Å². The molecule has 0 atom stereocenters. The summed E-state index contributed by atoms with van der Waals surface area (Å²) in [6.45, 7) is 0. The fourth-order valence-corrected chi connectivity index (χ4v) is 1.24. The van der Waals surface area contributed by atoms with Crippen LogP contribution in [-0.2, 0) is 0 Å². The zero-order chi connectivity index (χ0) is 11.5. The number of rotatable bonds is 0. The topological polar surface area (TPSA) is 119 Å². The molecule has 0 aromatic heterocycles. The molecule has 0 saturated heterocycles. The summed E-state index contributed by atoms with van der Waals surface area (Å²) in [5.41, 5.74) is -2.35. The number of allylic oxidation sites excluding steroid dienone is 4. The molecule has 0 bridgehead atoms. The number of nitrogens with zero attached hydrogens (tertiary/aromatic N) is 5. The van der Waals surface area contributed by atoms with Crippen LogP contribution in [0.1, 0.15) is 0 Å². The third kappa shape index (κ3) is 1.12. The maximum Gasteiger partial charge on any atom is 0.199 e. The van der Waals surface area contributed by atoms with Gasteiger partial charge in [-0.05, 0) is 6.08 Å². The van der Waals surface area contributed by atoms with E-state index in [1.54, 1.807) is 30.3 Å². The van der Waals surface area contributed by atoms with Crippen molar-refractivity contribution in [2.24, 2.45) is 5.41 Å². The van der Waals surface area contributed by atoms with E-state index < -0.39 is 5.41 Å². The van der Waals surface area contributed by atoms with E-state index in [9.17, 15) is 0 Å². The minimum Gasteiger partial charge on any atom is -0.196 e. The van der Waals surface area contributed by atoms with Gasteiger partial charge in [0.05, 0.1) is 34.9 Å². The fourth-order valence-electron chi connectivity index (χ4n) is 1.24. The van der Waals surface area contributed by atoms with Gasteiger partial charge in [-0.25, -0.2) is 0 Å². The van der Waals surface area contributed by atoms with Crippen LogP contribution >= 0.6 is 0 Å². The van der Waals surface area contributed by atoms with Crippen LogP contribution in [0.5, 0.6) is 0 Å². The highest BCUT2D eigenvalue weighted by Gasteiger charge is 2.42. The molecule has 0 spiro atoms. The standard InChI is InChI=1S/C10HN5/c11-2-7-1-10(5-14,6-15)9(4-13)8(7)3-12/h1H. The summed E-state index contributed by atoms with van der Waals surface area (Å²) < 4.78 is 0. The van der Waals surface area contributed by atoms with Crippen LogP contribution in [0, 0.1) is 62.1 Å². The molecule has 1 rings (SSSR count). The molecule has 0 radical (unpaired) electrons. The molecule has 5 nitrogen and oxygen atoms in total. The van der Waals surface area contributed by atoms with Crippen LogP contribution < -0.4 is 0 Å². The Hall–Kier alpha value is -3.07. The lowest BCUT2D eigenvalue weighted by atomic mass is 9.86. The van der Waals surface area contributed by atoms with Gasteiger partial charge in [-0.1, -0.05) is 0 Å². The lowest BCUT2D eigenvalue weighted by Gasteiger charge is -2.06. The quantitative estimate of drug-likeness (QED) is 0.561. The van der Waals surface area contributed by atoms with Gasteiger partial charge >= 0.3 is 0 Å². The van der Waals surface area contributed by atoms with Crippen molar-refractivity contribution in [3.05, 3.63) is 22.8 Å². The summed E-state index contributed by atoms with van der Waals surface area (Å²) in [5, 5.41) is 43.8. The molecule has 0 aromatic carbocycles. The van der Waals surface area contributed by atoms with E-state index in [0.717, 1.165) is 6.08 Å². The first-order valence-corrected chi connectivity index (χ1v) is 3.70. The molecule has 1 aliphatic rings. The Bertz CT molecular complexity index is 572. The molecule has 15 heavy (non-hydrogen) atoms. The number of nitriles is 5. The average molecular weight is 191 g/mol. The predicted molar refractivity (Wildman–Crippen MR) is 45.6 cm³/mol. The first-order chi connectivity index (χ1) is 7.18. The zero-order valence-corrected chi connectivity index (χ0v) is 7.31. The molecule has 5 heteroatoms. The van der Waals surface area contributed by atoms with Crippen molar-refractivity contribution < 1.29 is 0 Å². The van der Waals surface area contributed by atoms with Crippen molar-refractivity contribution in [3.8, 4) is 30.3 Å². The van der Waals surface area contributed by atoms with Crippen molar-refractivity contribution >= 4 is 0 Å². The second-order valence-corrected chi connectivity index (χ2v) is 2.68. The molecule has 1 aliphatic carbocycles. The van der Waals surface area contributed by atoms with E-state index >= 15 is 0 Å². The van der Waals surface area contributed by atoms with E-state index in [4.69, 9.17) is 26.3 Å². The molecule has 0 N–H and O–H groups in total. The van der Waals surface area contributed by atoms with E-state index in [1.165, 1.54) is 0 Å². The van der Waals surface area contributed by atoms with Crippen LogP contribution in [-0.4, -0.2) is 0 Å². The summed E-state index contributed by atoms with van der Waals surface area (Å²) >= 11 is 0. The second-order valence-electron chi connectivity index (χ2n) is 2.68. The Labute approximate surface area is 85.6 Å². The Morgan fingerprint density at radius 1 is 0.867 bits per heavy atom. The maximum atomic E-state index is 8.82. The van der Waals surface area contributed by atoms with Crippen molar-refractivity contribution in [2.75, 3.05) is 0 Å². The molecule has 0 amide bonds. The minimum absolute atomic E-state index is 0.0999. The zero-order valence-electron chi connectivity index (χ0n) is 7.31. The molecular formula is C10HN5. The Morgan fingerprint density at radius 2 is 1.47 bits per heavy atom. The van der Waals surface area contributed by atoms with Crippen LogP contribution in [0.15, 0.2) is 22.8 Å². The Balaban J connectivity index is 3.66. The summed E-state index contributed by atoms with van der Waals surface area (Å²) in [6, 6.07) is 8.24. The monoisotopic (exact) mass is 191 g/mol. The summed E-state index contributed by atoms with van der Waals surface area (Å²) in [4.78, 5) is 0. The van der Waals surface area contributed by atoms with Crippen molar-refractivity contribution in [2.45, 2.75) is 0 Å². The number of hydrogen-bond donors (Lipinski definition) is 0. The molecule has 0 saturated carbocycles. The van der Waals surface area contributed by atoms with Crippen LogP contribution in [0.2, 0.25) is 0 Å². The maximum absolute atomic E-state index is 8.82. The van der Waals surface area contributed by atoms with Crippen molar-refractivity contribution in [3.63, 3.8) is 0 Å². The normalized spacial score (nSPS) is 16.3. The van der Waals surface area contributed by atoms with Gasteiger partial charge in [-0.3, -0.25) is 0 Å². The SMILES string of the molecule is N#CC1=CC(C#N)(C#N)C(C#N)=C1C#N. The lowest BCUT2D eigenvalue weighted by molar-refractivity contribution is 0.831. The van der Waals surface area contributed by atoms with Crippen molar-refractivity contribution in [1.82, 2.24) is 0 Å². The minimum atomic E-state index is -1.79. The van der Waals surface area contributed by atoms with Gasteiger partial charge in [0, 0.05) is 0 Å². The smallest absolute Gasteiger partial charge is 0.196 e. The molecule has 0 aromatic rings. The molecule has 0 unspecified atom stereocenters. The lowest BCUT2D eigenvalue weighted by Crippen LogP contribution is -2.12. The van der Waals surface area contributed by atoms with Crippen LogP contribution in [0.4, 0.5) is 0 Å². The second kappa shape index (κ2) is 3.35. The van der Waals surface area contributed by atoms with Crippen LogP contribution in [0.3, 0.4) is 0 Å². The third-order valence-electron chi connectivity index (χ3n) is 1.97. The Morgan fingerprint density at radius 3 is 1.80 bits per heavy atom. The van der Waals surface area contributed by atoms with Gasteiger partial charge in [0.15, 0.2) is 5.41 Å². The highest BCUT2D eigenvalue weighted by Crippen LogP contribution is 2.39. The van der Waals surface area contributed by atoms with E-state index in [-0.39, 0.29) is 16.7 Å².